The van der Waals surface area contributed by atoms with Crippen molar-refractivity contribution in [3.8, 4) is 22.9 Å². The highest BCUT2D eigenvalue weighted by Gasteiger charge is 2.20. The highest BCUT2D eigenvalue weighted by atomic mass is 32.1. The predicted molar refractivity (Wildman–Crippen MR) is 93.1 cm³/mol. The van der Waals surface area contributed by atoms with Crippen LogP contribution in [-0.2, 0) is 12.8 Å². The number of benzene rings is 1. The van der Waals surface area contributed by atoms with E-state index in [1.165, 1.54) is 23.3 Å². The van der Waals surface area contributed by atoms with Crippen molar-refractivity contribution >= 4 is 21.6 Å². The van der Waals surface area contributed by atoms with Gasteiger partial charge in [-0.25, -0.2) is 4.98 Å². The summed E-state index contributed by atoms with van der Waals surface area (Å²) in [5.41, 5.74) is 2.02. The van der Waals surface area contributed by atoms with Gasteiger partial charge in [0.15, 0.2) is 11.5 Å². The second-order valence-corrected chi connectivity index (χ2v) is 7.31. The maximum absolute atomic E-state index is 12.7. The molecule has 122 valence electrons. The van der Waals surface area contributed by atoms with Gasteiger partial charge in [0.25, 0.3) is 5.56 Å². The van der Waals surface area contributed by atoms with Crippen molar-refractivity contribution in [1.82, 2.24) is 9.97 Å². The molecule has 2 aliphatic rings. The largest absolute Gasteiger partial charge is 0.454 e. The van der Waals surface area contributed by atoms with Gasteiger partial charge in [-0.2, -0.15) is 0 Å². The number of ether oxygens (including phenoxy) is 2. The van der Waals surface area contributed by atoms with E-state index in [4.69, 9.17) is 14.5 Å². The molecule has 1 N–H and O–H groups in total. The van der Waals surface area contributed by atoms with Crippen molar-refractivity contribution in [2.45, 2.75) is 32.1 Å². The number of aromatic nitrogens is 2. The third kappa shape index (κ3) is 2.13. The fraction of sp³-hybridized carbons (Fsp3) is 0.333. The van der Waals surface area contributed by atoms with Crippen molar-refractivity contribution < 1.29 is 9.47 Å². The minimum atomic E-state index is -0.0351. The van der Waals surface area contributed by atoms with Gasteiger partial charge in [-0.15, -0.1) is 11.3 Å². The summed E-state index contributed by atoms with van der Waals surface area (Å²) in [6.45, 7) is 0.236. The second kappa shape index (κ2) is 5.34. The molecule has 0 bridgehead atoms. The highest BCUT2D eigenvalue weighted by molar-refractivity contribution is 7.18. The Balaban J connectivity index is 1.67. The molecule has 1 aromatic carbocycles. The molecule has 0 radical (unpaired) electrons. The lowest BCUT2D eigenvalue weighted by molar-refractivity contribution is 0.174. The van der Waals surface area contributed by atoms with Gasteiger partial charge >= 0.3 is 0 Å². The Morgan fingerprint density at radius 2 is 1.96 bits per heavy atom. The minimum absolute atomic E-state index is 0.0351. The first-order chi connectivity index (χ1) is 11.8. The molecular weight excluding hydrogens is 324 g/mol. The van der Waals surface area contributed by atoms with Crippen LogP contribution in [0.5, 0.6) is 11.5 Å². The smallest absolute Gasteiger partial charge is 0.260 e. The number of thiophene rings is 1. The van der Waals surface area contributed by atoms with Crippen LogP contribution >= 0.6 is 11.3 Å². The van der Waals surface area contributed by atoms with E-state index in [0.29, 0.717) is 11.6 Å². The van der Waals surface area contributed by atoms with Crippen molar-refractivity contribution in [1.29, 1.82) is 0 Å². The number of hydrogen-bond donors (Lipinski definition) is 1. The highest BCUT2D eigenvalue weighted by Crippen LogP contribution is 2.36. The lowest BCUT2D eigenvalue weighted by Gasteiger charge is -2.03. The van der Waals surface area contributed by atoms with E-state index in [-0.39, 0.29) is 12.4 Å². The summed E-state index contributed by atoms with van der Waals surface area (Å²) < 4.78 is 10.8. The van der Waals surface area contributed by atoms with Crippen molar-refractivity contribution in [2.24, 2.45) is 0 Å². The Labute approximate surface area is 142 Å². The van der Waals surface area contributed by atoms with Gasteiger partial charge in [-0.3, -0.25) is 4.79 Å². The Bertz CT molecular complexity index is 1010. The minimum Gasteiger partial charge on any atom is -0.454 e. The fourth-order valence-corrected chi connectivity index (χ4v) is 4.78. The summed E-state index contributed by atoms with van der Waals surface area (Å²) in [7, 11) is 0. The quantitative estimate of drug-likeness (QED) is 0.687. The van der Waals surface area contributed by atoms with Gasteiger partial charge in [-0.05, 0) is 49.4 Å². The summed E-state index contributed by atoms with van der Waals surface area (Å²) in [5.74, 6) is 2.00. The molecule has 24 heavy (non-hydrogen) atoms. The zero-order valence-corrected chi connectivity index (χ0v) is 13.9. The van der Waals surface area contributed by atoms with E-state index in [1.54, 1.807) is 11.3 Å². The molecule has 0 atom stereocenters. The van der Waals surface area contributed by atoms with E-state index in [0.717, 1.165) is 40.8 Å². The number of hydrogen-bond acceptors (Lipinski definition) is 5. The normalized spacial score (nSPS) is 16.2. The first-order valence-corrected chi connectivity index (χ1v) is 9.06. The summed E-state index contributed by atoms with van der Waals surface area (Å²) in [6, 6.07) is 5.62. The second-order valence-electron chi connectivity index (χ2n) is 6.23. The molecule has 1 aliphatic carbocycles. The molecule has 6 heteroatoms. The van der Waals surface area contributed by atoms with Crippen LogP contribution in [0.2, 0.25) is 0 Å². The molecule has 3 heterocycles. The van der Waals surface area contributed by atoms with Gasteiger partial charge in [-0.1, -0.05) is 6.42 Å². The summed E-state index contributed by atoms with van der Waals surface area (Å²) in [5, 5.41) is 0.793. The number of nitrogens with zero attached hydrogens (tertiary/aromatic N) is 1. The van der Waals surface area contributed by atoms with Crippen molar-refractivity contribution in [3.05, 3.63) is 39.0 Å². The lowest BCUT2D eigenvalue weighted by Crippen LogP contribution is -2.10. The average molecular weight is 340 g/mol. The molecule has 5 nitrogen and oxygen atoms in total. The number of H-pyrrole nitrogens is 1. The van der Waals surface area contributed by atoms with Crippen molar-refractivity contribution in [3.63, 3.8) is 0 Å². The fourth-order valence-electron chi connectivity index (χ4n) is 3.52. The number of rotatable bonds is 1. The molecule has 0 spiro atoms. The molecule has 0 unspecified atom stereocenters. The molecule has 0 fully saturated rings. The summed E-state index contributed by atoms with van der Waals surface area (Å²) >= 11 is 1.67. The van der Waals surface area contributed by atoms with Crippen LogP contribution in [0.4, 0.5) is 0 Å². The van der Waals surface area contributed by atoms with Gasteiger partial charge in [0.05, 0.1) is 5.39 Å². The predicted octanol–water partition coefficient (Wildman–Crippen LogP) is 3.65. The van der Waals surface area contributed by atoms with Gasteiger partial charge < -0.3 is 14.5 Å². The zero-order chi connectivity index (χ0) is 16.1. The Hall–Kier alpha value is -2.34. The lowest BCUT2D eigenvalue weighted by atomic mass is 10.1. The SMILES string of the molecule is O=c1[nH]c(-c2ccc3c(c2)OCO3)nc2sc3c(c12)CCCCC3. The van der Waals surface area contributed by atoms with Gasteiger partial charge in [0.1, 0.15) is 10.7 Å². The molecule has 0 amide bonds. The molecule has 2 aromatic heterocycles. The van der Waals surface area contributed by atoms with Crippen LogP contribution in [0.3, 0.4) is 0 Å². The van der Waals surface area contributed by atoms with Crippen LogP contribution in [0.25, 0.3) is 21.6 Å². The maximum Gasteiger partial charge on any atom is 0.260 e. The Morgan fingerprint density at radius 3 is 2.92 bits per heavy atom. The Morgan fingerprint density at radius 1 is 1.08 bits per heavy atom. The number of fused-ring (bicyclic) bond motifs is 4. The number of nitrogens with one attached hydrogen (secondary N) is 1. The monoisotopic (exact) mass is 340 g/mol. The Kier molecular flexibility index (Phi) is 3.13. The zero-order valence-electron chi connectivity index (χ0n) is 13.1. The first kappa shape index (κ1) is 14.0. The standard InChI is InChI=1S/C18H16N2O3S/c21-17-15-11-4-2-1-3-5-14(11)24-18(15)20-16(19-17)10-6-7-12-13(8-10)23-9-22-12/h6-8H,1-5,9H2,(H,19,20,21). The molecule has 0 saturated carbocycles. The molecule has 5 rings (SSSR count). The van der Waals surface area contributed by atoms with Crippen LogP contribution in [0.1, 0.15) is 29.7 Å². The van der Waals surface area contributed by atoms with Gasteiger partial charge in [0, 0.05) is 10.4 Å². The molecule has 1 aliphatic heterocycles. The van der Waals surface area contributed by atoms with Crippen LogP contribution in [0, 0.1) is 0 Å². The molecule has 3 aromatic rings. The van der Waals surface area contributed by atoms with Crippen molar-refractivity contribution in [2.75, 3.05) is 6.79 Å². The van der Waals surface area contributed by atoms with Crippen LogP contribution < -0.4 is 15.0 Å². The topological polar surface area (TPSA) is 64.2 Å². The van der Waals surface area contributed by atoms with Crippen LogP contribution in [0.15, 0.2) is 23.0 Å². The van der Waals surface area contributed by atoms with E-state index in [9.17, 15) is 4.79 Å². The molecule has 0 saturated heterocycles. The third-order valence-electron chi connectivity index (χ3n) is 4.72. The average Bonchev–Trinajstić information content (AvgIpc) is 3.12. The summed E-state index contributed by atoms with van der Waals surface area (Å²) in [6.07, 6.45) is 5.65. The van der Waals surface area contributed by atoms with E-state index in [1.807, 2.05) is 18.2 Å². The number of aromatic amines is 1. The number of aryl methyl sites for hydroxylation is 2. The van der Waals surface area contributed by atoms with Gasteiger partial charge in [0.2, 0.25) is 6.79 Å². The van der Waals surface area contributed by atoms with E-state index < -0.39 is 0 Å². The first-order valence-electron chi connectivity index (χ1n) is 8.24. The van der Waals surface area contributed by atoms with Crippen LogP contribution in [-0.4, -0.2) is 16.8 Å². The molecular formula is C18H16N2O3S. The maximum atomic E-state index is 12.7. The summed E-state index contributed by atoms with van der Waals surface area (Å²) in [4.78, 5) is 22.6. The van der Waals surface area contributed by atoms with E-state index in [2.05, 4.69) is 4.98 Å². The van der Waals surface area contributed by atoms with E-state index >= 15 is 0 Å². The third-order valence-corrected chi connectivity index (χ3v) is 5.91.